The second-order valence-corrected chi connectivity index (χ2v) is 14.7. The molecule has 3 N–H and O–H groups in total. The number of rotatable bonds is 31. The summed E-state index contributed by atoms with van der Waals surface area (Å²) in [5.41, 5.74) is -1.16. The minimum atomic E-state index is -1.16. The Labute approximate surface area is 264 Å². The number of carbonyl (C=O) groups excluding carboxylic acids is 1. The van der Waals surface area contributed by atoms with Crippen LogP contribution in [0.1, 0.15) is 202 Å². The number of aliphatic hydroxyl groups is 2. The number of aliphatic hydroxyl groups excluding tert-OH is 1. The zero-order chi connectivity index (χ0) is 31.5. The van der Waals surface area contributed by atoms with Crippen LogP contribution < -0.4 is 5.32 Å². The van der Waals surface area contributed by atoms with Crippen LogP contribution >= 0.6 is 0 Å². The molecule has 0 spiro atoms. The van der Waals surface area contributed by atoms with E-state index in [0.717, 1.165) is 37.5 Å². The molecule has 0 aromatic carbocycles. The standard InChI is InChI=1S/C38H77NO3/c1-7-8-9-10-11-12-13-14-15-16-17-18-19-20-21-30-37(41)39-32-36(40)38(6,42)31-24-29-35(5)28-23-27-34(4)26-22-25-33(2)3/h33-36,40,42H,7-32H2,1-6H3,(H,39,41). The van der Waals surface area contributed by atoms with Crippen molar-refractivity contribution in [3.05, 3.63) is 0 Å². The van der Waals surface area contributed by atoms with Gasteiger partial charge in [-0.1, -0.05) is 176 Å². The molecule has 42 heavy (non-hydrogen) atoms. The lowest BCUT2D eigenvalue weighted by molar-refractivity contribution is -0.123. The Hall–Kier alpha value is -0.610. The Bertz CT molecular complexity index is 591. The molecule has 252 valence electrons. The van der Waals surface area contributed by atoms with Gasteiger partial charge in [-0.05, 0) is 37.5 Å². The maximum absolute atomic E-state index is 12.2. The van der Waals surface area contributed by atoms with Gasteiger partial charge >= 0.3 is 0 Å². The maximum Gasteiger partial charge on any atom is 0.220 e. The number of hydrogen-bond donors (Lipinski definition) is 3. The van der Waals surface area contributed by atoms with Gasteiger partial charge in [0.15, 0.2) is 0 Å². The summed E-state index contributed by atoms with van der Waals surface area (Å²) in [5, 5.41) is 24.2. The number of amides is 1. The monoisotopic (exact) mass is 596 g/mol. The van der Waals surface area contributed by atoms with Gasteiger partial charge in [0.2, 0.25) is 5.91 Å². The van der Waals surface area contributed by atoms with Crippen molar-refractivity contribution in [3.63, 3.8) is 0 Å². The lowest BCUT2D eigenvalue weighted by Gasteiger charge is -2.29. The van der Waals surface area contributed by atoms with E-state index >= 15 is 0 Å². The van der Waals surface area contributed by atoms with E-state index in [0.29, 0.717) is 18.8 Å². The van der Waals surface area contributed by atoms with Crippen molar-refractivity contribution < 1.29 is 15.0 Å². The number of unbranched alkanes of at least 4 members (excludes halogenated alkanes) is 14. The zero-order valence-corrected chi connectivity index (χ0v) is 29.5. The van der Waals surface area contributed by atoms with Gasteiger partial charge in [0.25, 0.3) is 0 Å². The first-order chi connectivity index (χ1) is 20.1. The number of carbonyl (C=O) groups is 1. The first-order valence-corrected chi connectivity index (χ1v) is 18.8. The van der Waals surface area contributed by atoms with Crippen molar-refractivity contribution >= 4 is 5.91 Å². The summed E-state index contributed by atoms with van der Waals surface area (Å²) >= 11 is 0. The fourth-order valence-electron chi connectivity index (χ4n) is 6.13. The van der Waals surface area contributed by atoms with Gasteiger partial charge in [0.1, 0.15) is 0 Å². The second kappa shape index (κ2) is 27.9. The van der Waals surface area contributed by atoms with Crippen molar-refractivity contribution in [2.24, 2.45) is 17.8 Å². The molecule has 0 saturated heterocycles. The van der Waals surface area contributed by atoms with E-state index in [1.54, 1.807) is 6.92 Å². The Morgan fingerprint density at radius 3 is 1.48 bits per heavy atom. The predicted octanol–water partition coefficient (Wildman–Crippen LogP) is 10.9. The van der Waals surface area contributed by atoms with Crippen molar-refractivity contribution in [1.82, 2.24) is 5.32 Å². The molecule has 4 nitrogen and oxygen atoms in total. The molecule has 0 fully saturated rings. The molecule has 4 atom stereocenters. The third-order valence-corrected chi connectivity index (χ3v) is 9.47. The van der Waals surface area contributed by atoms with E-state index in [2.05, 4.69) is 39.9 Å². The predicted molar refractivity (Wildman–Crippen MR) is 184 cm³/mol. The molecule has 0 aliphatic rings. The van der Waals surface area contributed by atoms with E-state index in [4.69, 9.17) is 0 Å². The molecule has 0 rings (SSSR count). The van der Waals surface area contributed by atoms with Gasteiger partial charge in [-0.25, -0.2) is 0 Å². The summed E-state index contributed by atoms with van der Waals surface area (Å²) in [5.74, 6) is 2.27. The molecule has 0 saturated carbocycles. The van der Waals surface area contributed by atoms with E-state index in [1.807, 2.05) is 0 Å². The maximum atomic E-state index is 12.2. The van der Waals surface area contributed by atoms with Crippen LogP contribution in [0, 0.1) is 17.8 Å². The Morgan fingerprint density at radius 2 is 1.02 bits per heavy atom. The number of nitrogens with one attached hydrogen (secondary N) is 1. The summed E-state index contributed by atoms with van der Waals surface area (Å²) in [4.78, 5) is 12.2. The van der Waals surface area contributed by atoms with Crippen LogP contribution in [0.15, 0.2) is 0 Å². The molecule has 1 amide bonds. The van der Waals surface area contributed by atoms with Gasteiger partial charge in [0, 0.05) is 13.0 Å². The van der Waals surface area contributed by atoms with Crippen LogP contribution in [0.25, 0.3) is 0 Å². The van der Waals surface area contributed by atoms with E-state index in [1.165, 1.54) is 122 Å². The van der Waals surface area contributed by atoms with Gasteiger partial charge in [-0.15, -0.1) is 0 Å². The second-order valence-electron chi connectivity index (χ2n) is 14.7. The molecule has 0 aliphatic heterocycles. The summed E-state index contributed by atoms with van der Waals surface area (Å²) in [6, 6.07) is 0. The van der Waals surface area contributed by atoms with Gasteiger partial charge in [-0.3, -0.25) is 4.79 Å². The van der Waals surface area contributed by atoms with Crippen molar-refractivity contribution in [1.29, 1.82) is 0 Å². The van der Waals surface area contributed by atoms with Gasteiger partial charge in [-0.2, -0.15) is 0 Å². The summed E-state index contributed by atoms with van der Waals surface area (Å²) in [6.07, 6.45) is 29.8. The highest BCUT2D eigenvalue weighted by Gasteiger charge is 2.30. The lowest BCUT2D eigenvalue weighted by Crippen LogP contribution is -2.46. The lowest BCUT2D eigenvalue weighted by atomic mass is 9.88. The first-order valence-electron chi connectivity index (χ1n) is 18.8. The summed E-state index contributed by atoms with van der Waals surface area (Å²) in [6.45, 7) is 13.4. The summed E-state index contributed by atoms with van der Waals surface area (Å²) in [7, 11) is 0. The molecule has 0 radical (unpaired) electrons. The molecule has 0 aromatic heterocycles. The van der Waals surface area contributed by atoms with Crippen LogP contribution in [0.4, 0.5) is 0 Å². The highest BCUT2D eigenvalue weighted by atomic mass is 16.3. The average molecular weight is 596 g/mol. The first kappa shape index (κ1) is 41.4. The third kappa shape index (κ3) is 27.0. The van der Waals surface area contributed by atoms with Crippen LogP contribution in [0.5, 0.6) is 0 Å². The molecule has 0 heterocycles. The Morgan fingerprint density at radius 1 is 0.619 bits per heavy atom. The van der Waals surface area contributed by atoms with Gasteiger partial charge in [0.05, 0.1) is 11.7 Å². The largest absolute Gasteiger partial charge is 0.388 e. The summed E-state index contributed by atoms with van der Waals surface area (Å²) < 4.78 is 0. The molecule has 0 aromatic rings. The molecule has 0 aliphatic carbocycles. The van der Waals surface area contributed by atoms with Crippen LogP contribution in [0.3, 0.4) is 0 Å². The fraction of sp³-hybridized carbons (Fsp3) is 0.974. The third-order valence-electron chi connectivity index (χ3n) is 9.47. The van der Waals surface area contributed by atoms with E-state index in [9.17, 15) is 15.0 Å². The Kier molecular flexibility index (Phi) is 27.5. The van der Waals surface area contributed by atoms with Crippen LogP contribution in [0.2, 0.25) is 0 Å². The minimum absolute atomic E-state index is 0.00778. The average Bonchev–Trinajstić information content (AvgIpc) is 2.93. The topological polar surface area (TPSA) is 69.6 Å². The number of hydrogen-bond acceptors (Lipinski definition) is 3. The Balaban J connectivity index is 3.71. The fourth-order valence-corrected chi connectivity index (χ4v) is 6.13. The highest BCUT2D eigenvalue weighted by molar-refractivity contribution is 5.75. The molecular formula is C38H77NO3. The van der Waals surface area contributed by atoms with E-state index in [-0.39, 0.29) is 12.5 Å². The van der Waals surface area contributed by atoms with Crippen molar-refractivity contribution in [3.8, 4) is 0 Å². The molecular weight excluding hydrogens is 518 g/mol. The smallest absolute Gasteiger partial charge is 0.220 e. The van der Waals surface area contributed by atoms with Crippen LogP contribution in [-0.4, -0.2) is 34.4 Å². The van der Waals surface area contributed by atoms with Crippen molar-refractivity contribution in [2.75, 3.05) is 6.54 Å². The minimum Gasteiger partial charge on any atom is -0.388 e. The zero-order valence-electron chi connectivity index (χ0n) is 29.5. The normalized spacial score (nSPS) is 15.5. The van der Waals surface area contributed by atoms with Gasteiger partial charge < -0.3 is 15.5 Å². The SMILES string of the molecule is CCCCCCCCCCCCCCCCCC(=O)NCC(O)C(C)(O)CCCC(C)CCCC(C)CCCC(C)C. The molecule has 4 unspecified atom stereocenters. The molecule has 0 bridgehead atoms. The molecule has 4 heteroatoms. The highest BCUT2D eigenvalue weighted by Crippen LogP contribution is 2.24. The van der Waals surface area contributed by atoms with Crippen molar-refractivity contribution in [2.45, 2.75) is 214 Å². The van der Waals surface area contributed by atoms with E-state index < -0.39 is 11.7 Å². The quantitative estimate of drug-likeness (QED) is 0.0698. The van der Waals surface area contributed by atoms with Crippen LogP contribution in [-0.2, 0) is 4.79 Å².